The van der Waals surface area contributed by atoms with Crippen LogP contribution in [0.25, 0.3) is 0 Å². The number of hydrogen-bond acceptors (Lipinski definition) is 3. The Hall–Kier alpha value is -1.22. The number of phenolic OH excluding ortho intramolecular Hbond substituents is 1. The first-order chi connectivity index (χ1) is 7.09. The van der Waals surface area contributed by atoms with Gasteiger partial charge in [-0.1, -0.05) is 6.07 Å². The lowest BCUT2D eigenvalue weighted by Crippen LogP contribution is -2.19. The fourth-order valence-electron chi connectivity index (χ4n) is 1.78. The molecule has 0 aromatic heterocycles. The van der Waals surface area contributed by atoms with Crippen molar-refractivity contribution in [3.8, 4) is 5.75 Å². The van der Waals surface area contributed by atoms with Crippen LogP contribution in [0, 0.1) is 0 Å². The summed E-state index contributed by atoms with van der Waals surface area (Å²) in [6.45, 7) is 1.65. The minimum Gasteiger partial charge on any atom is -0.507 e. The zero-order valence-electron chi connectivity index (χ0n) is 9.14. The van der Waals surface area contributed by atoms with Crippen molar-refractivity contribution in [3.63, 3.8) is 0 Å². The van der Waals surface area contributed by atoms with E-state index >= 15 is 0 Å². The van der Waals surface area contributed by atoms with Gasteiger partial charge in [-0.25, -0.2) is 0 Å². The second kappa shape index (κ2) is 3.74. The molecule has 3 heteroatoms. The molecule has 2 N–H and O–H groups in total. The van der Waals surface area contributed by atoms with Gasteiger partial charge in [0.15, 0.2) is 0 Å². The number of aliphatic hydroxyl groups is 1. The van der Waals surface area contributed by atoms with Crippen molar-refractivity contribution >= 4 is 5.69 Å². The second-order valence-electron chi connectivity index (χ2n) is 4.26. The lowest BCUT2D eigenvalue weighted by atomic mass is 10.1. The predicted octanol–water partition coefficient (Wildman–Crippen LogP) is 2.04. The first kappa shape index (κ1) is 10.3. The third-order valence-electron chi connectivity index (χ3n) is 2.97. The number of nitrogens with zero attached hydrogens (tertiary/aromatic N) is 1. The van der Waals surface area contributed by atoms with Gasteiger partial charge in [0.05, 0.1) is 6.10 Å². The maximum Gasteiger partial charge on any atom is 0.123 e. The fourth-order valence-corrected chi connectivity index (χ4v) is 1.78. The summed E-state index contributed by atoms with van der Waals surface area (Å²) < 4.78 is 0. The van der Waals surface area contributed by atoms with E-state index in [0.29, 0.717) is 11.6 Å². The number of rotatable bonds is 3. The third kappa shape index (κ3) is 2.07. The normalized spacial score (nSPS) is 17.5. The smallest absolute Gasteiger partial charge is 0.123 e. The van der Waals surface area contributed by atoms with Crippen molar-refractivity contribution in [2.45, 2.75) is 31.9 Å². The summed E-state index contributed by atoms with van der Waals surface area (Å²) in [5.74, 6) is 0.176. The first-order valence-electron chi connectivity index (χ1n) is 5.33. The topological polar surface area (TPSA) is 43.7 Å². The van der Waals surface area contributed by atoms with Gasteiger partial charge in [0.1, 0.15) is 5.75 Å². The molecule has 0 amide bonds. The van der Waals surface area contributed by atoms with Gasteiger partial charge in [-0.15, -0.1) is 0 Å². The zero-order chi connectivity index (χ0) is 11.0. The molecule has 3 nitrogen and oxygen atoms in total. The van der Waals surface area contributed by atoms with E-state index in [9.17, 15) is 10.2 Å². The van der Waals surface area contributed by atoms with Crippen LogP contribution in [0.3, 0.4) is 0 Å². The summed E-state index contributed by atoms with van der Waals surface area (Å²) in [5.41, 5.74) is 1.60. The Balaban J connectivity index is 2.24. The van der Waals surface area contributed by atoms with Crippen molar-refractivity contribution in [2.24, 2.45) is 0 Å². The van der Waals surface area contributed by atoms with Crippen molar-refractivity contribution < 1.29 is 10.2 Å². The molecule has 1 aliphatic carbocycles. The second-order valence-corrected chi connectivity index (χ2v) is 4.26. The van der Waals surface area contributed by atoms with Gasteiger partial charge < -0.3 is 15.1 Å². The summed E-state index contributed by atoms with van der Waals surface area (Å²) >= 11 is 0. The molecular formula is C12H17NO2. The minimum atomic E-state index is -0.620. The Morgan fingerprint density at radius 2 is 2.07 bits per heavy atom. The molecular weight excluding hydrogens is 190 g/mol. The summed E-state index contributed by atoms with van der Waals surface area (Å²) in [6, 6.07) is 6.08. The maximum absolute atomic E-state index is 9.73. The number of hydrogen-bond donors (Lipinski definition) is 2. The minimum absolute atomic E-state index is 0.176. The van der Waals surface area contributed by atoms with Gasteiger partial charge in [-0.3, -0.25) is 0 Å². The van der Waals surface area contributed by atoms with Crippen molar-refractivity contribution in [2.75, 3.05) is 11.9 Å². The highest BCUT2D eigenvalue weighted by molar-refractivity contribution is 5.54. The van der Waals surface area contributed by atoms with Crippen LogP contribution >= 0.6 is 0 Å². The Morgan fingerprint density at radius 1 is 1.40 bits per heavy atom. The van der Waals surface area contributed by atoms with E-state index in [1.807, 2.05) is 13.1 Å². The van der Waals surface area contributed by atoms with Crippen LogP contribution < -0.4 is 4.90 Å². The summed E-state index contributed by atoms with van der Waals surface area (Å²) in [7, 11) is 2.04. The number of anilines is 1. The van der Waals surface area contributed by atoms with Crippen LogP contribution in [-0.4, -0.2) is 23.3 Å². The molecule has 1 saturated carbocycles. The highest BCUT2D eigenvalue weighted by Crippen LogP contribution is 2.34. The molecule has 0 heterocycles. The van der Waals surface area contributed by atoms with E-state index in [-0.39, 0.29) is 5.75 Å². The lowest BCUT2D eigenvalue weighted by Gasteiger charge is -2.20. The van der Waals surface area contributed by atoms with Gasteiger partial charge >= 0.3 is 0 Å². The Labute approximate surface area is 90.0 Å². The Morgan fingerprint density at radius 3 is 2.53 bits per heavy atom. The molecule has 82 valence electrons. The van der Waals surface area contributed by atoms with Crippen molar-refractivity contribution in [1.29, 1.82) is 0 Å². The standard InChI is InChI=1S/C12H17NO2/c1-8(14)11-6-5-10(7-12(11)15)13(2)9-3-4-9/h5-9,14-15H,3-4H2,1-2H3. The molecule has 15 heavy (non-hydrogen) atoms. The highest BCUT2D eigenvalue weighted by Gasteiger charge is 2.26. The maximum atomic E-state index is 9.73. The average Bonchev–Trinajstić information content (AvgIpc) is 2.99. The van der Waals surface area contributed by atoms with Gasteiger partial charge in [-0.2, -0.15) is 0 Å². The number of aliphatic hydroxyl groups excluding tert-OH is 1. The predicted molar refractivity (Wildman–Crippen MR) is 60.2 cm³/mol. The lowest BCUT2D eigenvalue weighted by molar-refractivity contribution is 0.195. The Kier molecular flexibility index (Phi) is 2.57. The van der Waals surface area contributed by atoms with E-state index in [4.69, 9.17) is 0 Å². The number of aromatic hydroxyl groups is 1. The van der Waals surface area contributed by atoms with E-state index in [0.717, 1.165) is 5.69 Å². The van der Waals surface area contributed by atoms with Crippen LogP contribution in [0.1, 0.15) is 31.4 Å². The number of phenols is 1. The van der Waals surface area contributed by atoms with E-state index in [2.05, 4.69) is 4.90 Å². The summed E-state index contributed by atoms with van der Waals surface area (Å²) in [5, 5.41) is 19.1. The molecule has 1 fully saturated rings. The molecule has 1 aromatic rings. The first-order valence-corrected chi connectivity index (χ1v) is 5.33. The van der Waals surface area contributed by atoms with Crippen molar-refractivity contribution in [1.82, 2.24) is 0 Å². The van der Waals surface area contributed by atoms with E-state index < -0.39 is 6.10 Å². The van der Waals surface area contributed by atoms with Gasteiger partial charge in [-0.05, 0) is 25.8 Å². The summed E-state index contributed by atoms with van der Waals surface area (Å²) in [6.07, 6.45) is 1.84. The molecule has 1 aromatic carbocycles. The molecule has 0 aliphatic heterocycles. The number of benzene rings is 1. The van der Waals surface area contributed by atoms with Crippen LogP contribution in [0.15, 0.2) is 18.2 Å². The van der Waals surface area contributed by atoms with Crippen LogP contribution in [-0.2, 0) is 0 Å². The van der Waals surface area contributed by atoms with E-state index in [1.54, 1.807) is 19.1 Å². The highest BCUT2D eigenvalue weighted by atomic mass is 16.3. The quantitative estimate of drug-likeness (QED) is 0.797. The van der Waals surface area contributed by atoms with E-state index in [1.165, 1.54) is 12.8 Å². The zero-order valence-corrected chi connectivity index (χ0v) is 9.14. The largest absolute Gasteiger partial charge is 0.507 e. The molecule has 1 unspecified atom stereocenters. The van der Waals surface area contributed by atoms with Crippen LogP contribution in [0.4, 0.5) is 5.69 Å². The molecule has 0 radical (unpaired) electrons. The molecule has 1 aliphatic rings. The van der Waals surface area contributed by atoms with Gasteiger partial charge in [0.2, 0.25) is 0 Å². The van der Waals surface area contributed by atoms with Gasteiger partial charge in [0, 0.05) is 30.4 Å². The monoisotopic (exact) mass is 207 g/mol. The molecule has 0 spiro atoms. The SMILES string of the molecule is CC(O)c1ccc(N(C)C2CC2)cc1O. The molecule has 0 bridgehead atoms. The molecule has 1 atom stereocenters. The third-order valence-corrected chi connectivity index (χ3v) is 2.97. The van der Waals surface area contributed by atoms with Gasteiger partial charge in [0.25, 0.3) is 0 Å². The van der Waals surface area contributed by atoms with Crippen LogP contribution in [0.5, 0.6) is 5.75 Å². The van der Waals surface area contributed by atoms with Crippen LogP contribution in [0.2, 0.25) is 0 Å². The molecule has 0 saturated heterocycles. The average molecular weight is 207 g/mol. The summed E-state index contributed by atoms with van der Waals surface area (Å²) in [4.78, 5) is 2.17. The van der Waals surface area contributed by atoms with Crippen molar-refractivity contribution in [3.05, 3.63) is 23.8 Å². The Bertz CT molecular complexity index is 359. The fraction of sp³-hybridized carbons (Fsp3) is 0.500. The molecule has 2 rings (SSSR count).